The van der Waals surface area contributed by atoms with Crippen LogP contribution < -0.4 is 5.32 Å². The summed E-state index contributed by atoms with van der Waals surface area (Å²) in [4.78, 5) is 15.8. The van der Waals surface area contributed by atoms with Gasteiger partial charge in [-0.05, 0) is 24.6 Å². The topological polar surface area (TPSA) is 70.7 Å². The first-order chi connectivity index (χ1) is 9.65. The van der Waals surface area contributed by atoms with Crippen LogP contribution in [0.4, 0.5) is 0 Å². The van der Waals surface area contributed by atoms with E-state index in [1.807, 2.05) is 31.2 Å². The summed E-state index contributed by atoms with van der Waals surface area (Å²) in [6, 6.07) is 7.47. The van der Waals surface area contributed by atoms with Crippen LogP contribution in [0.2, 0.25) is 5.02 Å². The summed E-state index contributed by atoms with van der Waals surface area (Å²) in [5.74, 6) is 1.77. The van der Waals surface area contributed by atoms with E-state index in [1.165, 1.54) is 6.33 Å². The summed E-state index contributed by atoms with van der Waals surface area (Å²) in [5.41, 5.74) is 1.11. The Labute approximate surface area is 126 Å². The highest BCUT2D eigenvalue weighted by Crippen LogP contribution is 2.16. The van der Waals surface area contributed by atoms with Gasteiger partial charge in [0.15, 0.2) is 0 Å². The number of benzene rings is 1. The summed E-state index contributed by atoms with van der Waals surface area (Å²) in [6.07, 6.45) is 1.42. The number of rotatable bonds is 6. The Morgan fingerprint density at radius 3 is 3.10 bits per heavy atom. The standard InChI is InChI=1S/C13H15ClN4OS/c1-9(13-15-8-16-18-13)17-12(19)7-20-6-10-3-2-4-11(14)5-10/h2-5,8-9H,6-7H2,1H3,(H,17,19)(H,15,16,18). The van der Waals surface area contributed by atoms with Gasteiger partial charge in [-0.3, -0.25) is 9.89 Å². The Balaban J connectivity index is 1.73. The van der Waals surface area contributed by atoms with Crippen molar-refractivity contribution in [3.05, 3.63) is 47.0 Å². The quantitative estimate of drug-likeness (QED) is 0.860. The van der Waals surface area contributed by atoms with E-state index < -0.39 is 0 Å². The van der Waals surface area contributed by atoms with E-state index in [1.54, 1.807) is 11.8 Å². The first kappa shape index (κ1) is 14.9. The van der Waals surface area contributed by atoms with E-state index in [-0.39, 0.29) is 11.9 Å². The second-order valence-electron chi connectivity index (χ2n) is 4.28. The number of hydrogen-bond acceptors (Lipinski definition) is 4. The molecular weight excluding hydrogens is 296 g/mol. The molecule has 0 fully saturated rings. The summed E-state index contributed by atoms with van der Waals surface area (Å²) in [7, 11) is 0. The predicted molar refractivity (Wildman–Crippen MR) is 80.6 cm³/mol. The van der Waals surface area contributed by atoms with Crippen LogP contribution in [0, 0.1) is 0 Å². The van der Waals surface area contributed by atoms with Gasteiger partial charge in [0.25, 0.3) is 0 Å². The van der Waals surface area contributed by atoms with E-state index in [0.29, 0.717) is 16.6 Å². The first-order valence-corrected chi connectivity index (χ1v) is 7.65. The van der Waals surface area contributed by atoms with Gasteiger partial charge in [-0.2, -0.15) is 5.10 Å². The Morgan fingerprint density at radius 2 is 2.40 bits per heavy atom. The molecule has 106 valence electrons. The maximum atomic E-state index is 11.8. The molecule has 1 aromatic heterocycles. The van der Waals surface area contributed by atoms with Crippen LogP contribution in [0.5, 0.6) is 0 Å². The lowest BCUT2D eigenvalue weighted by molar-refractivity contribution is -0.119. The molecule has 0 aliphatic rings. The molecule has 0 aliphatic heterocycles. The van der Waals surface area contributed by atoms with E-state index in [4.69, 9.17) is 11.6 Å². The van der Waals surface area contributed by atoms with Gasteiger partial charge in [-0.25, -0.2) is 4.98 Å². The molecule has 0 aliphatic carbocycles. The fraction of sp³-hybridized carbons (Fsp3) is 0.308. The molecule has 2 N–H and O–H groups in total. The average Bonchev–Trinajstić information content (AvgIpc) is 2.92. The Hall–Kier alpha value is -1.53. The van der Waals surface area contributed by atoms with Crippen LogP contribution in [0.1, 0.15) is 24.4 Å². The number of thioether (sulfide) groups is 1. The van der Waals surface area contributed by atoms with E-state index in [2.05, 4.69) is 20.5 Å². The number of hydrogen-bond donors (Lipinski definition) is 2. The number of H-pyrrole nitrogens is 1. The summed E-state index contributed by atoms with van der Waals surface area (Å²) in [6.45, 7) is 1.86. The second kappa shape index (κ2) is 7.31. The van der Waals surface area contributed by atoms with Crippen LogP contribution in [0.25, 0.3) is 0 Å². The van der Waals surface area contributed by atoms with Gasteiger partial charge < -0.3 is 5.32 Å². The Bertz CT molecular complexity index is 561. The lowest BCUT2D eigenvalue weighted by Gasteiger charge is -2.10. The van der Waals surface area contributed by atoms with Crippen molar-refractivity contribution in [3.63, 3.8) is 0 Å². The van der Waals surface area contributed by atoms with Gasteiger partial charge in [-0.1, -0.05) is 23.7 Å². The van der Waals surface area contributed by atoms with Crippen LogP contribution >= 0.6 is 23.4 Å². The molecule has 1 aromatic carbocycles. The lowest BCUT2D eigenvalue weighted by atomic mass is 10.2. The van der Waals surface area contributed by atoms with Gasteiger partial charge in [0.05, 0.1) is 11.8 Å². The normalized spacial score (nSPS) is 12.1. The zero-order valence-corrected chi connectivity index (χ0v) is 12.5. The van der Waals surface area contributed by atoms with Crippen molar-refractivity contribution >= 4 is 29.3 Å². The minimum absolute atomic E-state index is 0.0269. The van der Waals surface area contributed by atoms with Crippen molar-refractivity contribution in [2.75, 3.05) is 5.75 Å². The number of aromatic nitrogens is 3. The number of carbonyl (C=O) groups excluding carboxylic acids is 1. The maximum absolute atomic E-state index is 11.8. The molecule has 7 heteroatoms. The second-order valence-corrected chi connectivity index (χ2v) is 5.70. The third kappa shape index (κ3) is 4.54. The molecule has 0 spiro atoms. The largest absolute Gasteiger partial charge is 0.346 e. The zero-order valence-electron chi connectivity index (χ0n) is 11.0. The van der Waals surface area contributed by atoms with Crippen molar-refractivity contribution in [2.24, 2.45) is 0 Å². The monoisotopic (exact) mass is 310 g/mol. The van der Waals surface area contributed by atoms with Crippen molar-refractivity contribution in [2.45, 2.75) is 18.7 Å². The maximum Gasteiger partial charge on any atom is 0.230 e. The van der Waals surface area contributed by atoms with E-state index in [0.717, 1.165) is 11.3 Å². The molecule has 0 saturated heterocycles. The highest BCUT2D eigenvalue weighted by molar-refractivity contribution is 7.99. The number of carbonyl (C=O) groups is 1. The number of nitrogens with zero attached hydrogens (tertiary/aromatic N) is 2. The number of nitrogens with one attached hydrogen (secondary N) is 2. The van der Waals surface area contributed by atoms with E-state index in [9.17, 15) is 4.79 Å². The molecule has 2 aromatic rings. The van der Waals surface area contributed by atoms with Gasteiger partial charge in [-0.15, -0.1) is 11.8 Å². The number of amides is 1. The number of halogens is 1. The first-order valence-electron chi connectivity index (χ1n) is 6.12. The van der Waals surface area contributed by atoms with Crippen LogP contribution in [-0.4, -0.2) is 26.8 Å². The smallest absolute Gasteiger partial charge is 0.230 e. The summed E-state index contributed by atoms with van der Waals surface area (Å²) >= 11 is 7.45. The molecule has 5 nitrogen and oxygen atoms in total. The molecule has 1 atom stereocenters. The van der Waals surface area contributed by atoms with Crippen molar-refractivity contribution in [1.82, 2.24) is 20.5 Å². The third-order valence-electron chi connectivity index (χ3n) is 2.61. The highest BCUT2D eigenvalue weighted by Gasteiger charge is 2.11. The molecule has 0 bridgehead atoms. The van der Waals surface area contributed by atoms with Gasteiger partial charge >= 0.3 is 0 Å². The molecule has 1 amide bonds. The summed E-state index contributed by atoms with van der Waals surface area (Å²) in [5, 5.41) is 10.1. The SMILES string of the molecule is CC(NC(=O)CSCc1cccc(Cl)c1)c1ncn[nH]1. The third-order valence-corrected chi connectivity index (χ3v) is 3.85. The Morgan fingerprint density at radius 1 is 1.55 bits per heavy atom. The molecule has 1 unspecified atom stereocenters. The molecule has 2 rings (SSSR count). The van der Waals surface area contributed by atoms with Crippen molar-refractivity contribution in [1.29, 1.82) is 0 Å². The minimum atomic E-state index is -0.170. The summed E-state index contributed by atoms with van der Waals surface area (Å²) < 4.78 is 0. The fourth-order valence-corrected chi connectivity index (χ4v) is 2.66. The van der Waals surface area contributed by atoms with Gasteiger partial charge in [0.2, 0.25) is 5.91 Å². The van der Waals surface area contributed by atoms with Gasteiger partial charge in [0.1, 0.15) is 12.2 Å². The van der Waals surface area contributed by atoms with Crippen LogP contribution in [0.15, 0.2) is 30.6 Å². The zero-order chi connectivity index (χ0) is 14.4. The molecule has 20 heavy (non-hydrogen) atoms. The van der Waals surface area contributed by atoms with Crippen molar-refractivity contribution in [3.8, 4) is 0 Å². The molecule has 1 heterocycles. The fourth-order valence-electron chi connectivity index (χ4n) is 1.66. The van der Waals surface area contributed by atoms with Crippen LogP contribution in [-0.2, 0) is 10.5 Å². The highest BCUT2D eigenvalue weighted by atomic mass is 35.5. The predicted octanol–water partition coefficient (Wildman–Crippen LogP) is 2.57. The Kier molecular flexibility index (Phi) is 5.43. The number of aromatic amines is 1. The van der Waals surface area contributed by atoms with E-state index >= 15 is 0 Å². The molecule has 0 saturated carbocycles. The van der Waals surface area contributed by atoms with Crippen LogP contribution in [0.3, 0.4) is 0 Å². The molecular formula is C13H15ClN4OS. The lowest BCUT2D eigenvalue weighted by Crippen LogP contribution is -2.28. The minimum Gasteiger partial charge on any atom is -0.346 e. The molecule has 0 radical (unpaired) electrons. The van der Waals surface area contributed by atoms with Gasteiger partial charge in [0, 0.05) is 10.8 Å². The average molecular weight is 311 g/mol. The van der Waals surface area contributed by atoms with Crippen molar-refractivity contribution < 1.29 is 4.79 Å².